The molecule has 0 unspecified atom stereocenters. The Hall–Kier alpha value is -1.17. The molecule has 0 aliphatic heterocycles. The highest BCUT2D eigenvalue weighted by molar-refractivity contribution is 7.15. The zero-order valence-electron chi connectivity index (χ0n) is 14.9. The van der Waals surface area contributed by atoms with Crippen LogP contribution in [0.2, 0.25) is 13.1 Å². The van der Waals surface area contributed by atoms with Crippen LogP contribution in [0.3, 0.4) is 0 Å². The Morgan fingerprint density at radius 3 is 2.52 bits per heavy atom. The molecule has 0 amide bonds. The fraction of sp³-hybridized carbons (Fsp3) is 0.500. The smallest absolute Gasteiger partial charge is 0.274 e. The molecular weight excluding hydrogens is 322 g/mol. The molecule has 2 rings (SSSR count). The topological polar surface area (TPSA) is 42.4 Å². The number of rotatable bonds is 5. The number of benzene rings is 1. The molecule has 3 nitrogen and oxygen atoms in total. The molecule has 1 aromatic heterocycles. The van der Waals surface area contributed by atoms with Gasteiger partial charge in [-0.2, -0.15) is 0 Å². The summed E-state index contributed by atoms with van der Waals surface area (Å²) in [5.41, 5.74) is 3.40. The van der Waals surface area contributed by atoms with E-state index in [1.807, 2.05) is 0 Å². The maximum atomic E-state index is 9.17. The van der Waals surface area contributed by atoms with Crippen molar-refractivity contribution < 1.29 is 9.53 Å². The molecule has 2 aromatic rings. The summed E-state index contributed by atoms with van der Waals surface area (Å²) in [5.74, 6) is 0.931. The number of aliphatic hydroxyl groups excluding tert-OH is 1. The zero-order chi connectivity index (χ0) is 17.2. The van der Waals surface area contributed by atoms with E-state index in [0.29, 0.717) is 6.42 Å². The van der Waals surface area contributed by atoms with Crippen molar-refractivity contribution >= 4 is 20.4 Å². The summed E-state index contributed by atoms with van der Waals surface area (Å²) < 4.78 is 6.16. The quantitative estimate of drug-likeness (QED) is 0.804. The Balaban J connectivity index is 2.50. The molecule has 0 bridgehead atoms. The molecule has 0 aliphatic carbocycles. The van der Waals surface area contributed by atoms with Crippen molar-refractivity contribution in [1.29, 1.82) is 0 Å². The van der Waals surface area contributed by atoms with Gasteiger partial charge < -0.3 is 9.53 Å². The monoisotopic (exact) mass is 348 g/mol. The van der Waals surface area contributed by atoms with Crippen molar-refractivity contribution in [2.24, 2.45) is 0 Å². The van der Waals surface area contributed by atoms with Gasteiger partial charge in [0.15, 0.2) is 0 Å². The number of aromatic nitrogens is 1. The first-order valence-electron chi connectivity index (χ1n) is 7.92. The van der Waals surface area contributed by atoms with Crippen LogP contribution >= 0.6 is 11.3 Å². The Bertz CT molecular complexity index is 674. The lowest BCUT2D eigenvalue weighted by atomic mass is 9.86. The summed E-state index contributed by atoms with van der Waals surface area (Å²) in [5, 5.41) is 10.1. The SMILES string of the molecule is Cc1sc(-c2ccc(C(C)(C)C)cc2O[Si](C)C)nc1CCO. The van der Waals surface area contributed by atoms with E-state index in [9.17, 15) is 0 Å². The van der Waals surface area contributed by atoms with E-state index in [1.54, 1.807) is 11.3 Å². The number of hydrogen-bond donors (Lipinski definition) is 1. The van der Waals surface area contributed by atoms with Crippen LogP contribution in [0.1, 0.15) is 36.9 Å². The summed E-state index contributed by atoms with van der Waals surface area (Å²) in [6, 6.07) is 6.46. The number of aryl methyl sites for hydroxylation is 1. The van der Waals surface area contributed by atoms with Crippen molar-refractivity contribution in [3.63, 3.8) is 0 Å². The van der Waals surface area contributed by atoms with E-state index >= 15 is 0 Å². The van der Waals surface area contributed by atoms with Crippen LogP contribution in [0.5, 0.6) is 5.75 Å². The van der Waals surface area contributed by atoms with Gasteiger partial charge in [-0.25, -0.2) is 4.98 Å². The minimum atomic E-state index is -0.854. The van der Waals surface area contributed by atoms with Gasteiger partial charge in [0.2, 0.25) is 0 Å². The molecular formula is C18H26NO2SSi. The Morgan fingerprint density at radius 2 is 1.96 bits per heavy atom. The highest BCUT2D eigenvalue weighted by atomic mass is 32.1. The van der Waals surface area contributed by atoms with Crippen molar-refractivity contribution in [3.8, 4) is 16.3 Å². The zero-order valence-corrected chi connectivity index (χ0v) is 16.7. The second-order valence-corrected chi connectivity index (χ2v) is 10.2. The summed E-state index contributed by atoms with van der Waals surface area (Å²) in [6.07, 6.45) is 0.606. The van der Waals surface area contributed by atoms with Crippen LogP contribution in [0, 0.1) is 6.92 Å². The second kappa shape index (κ2) is 7.15. The summed E-state index contributed by atoms with van der Waals surface area (Å²) in [6.45, 7) is 13.1. The molecule has 1 heterocycles. The van der Waals surface area contributed by atoms with Crippen molar-refractivity contribution in [2.45, 2.75) is 52.6 Å². The molecule has 1 aromatic carbocycles. The van der Waals surface area contributed by atoms with E-state index < -0.39 is 9.04 Å². The summed E-state index contributed by atoms with van der Waals surface area (Å²) in [4.78, 5) is 5.88. The summed E-state index contributed by atoms with van der Waals surface area (Å²) in [7, 11) is -0.854. The van der Waals surface area contributed by atoms with Crippen LogP contribution in [0.25, 0.3) is 10.6 Å². The second-order valence-electron chi connectivity index (χ2n) is 6.97. The standard InChI is InChI=1S/C18H26NO2SSi/c1-12-15(9-10-20)19-17(22-12)14-8-7-13(18(2,3)4)11-16(14)21-23(5)6/h7-8,11,20H,9-10H2,1-6H3. The van der Waals surface area contributed by atoms with Gasteiger partial charge in [0.05, 0.1) is 11.3 Å². The van der Waals surface area contributed by atoms with E-state index in [0.717, 1.165) is 22.0 Å². The van der Waals surface area contributed by atoms with Crippen molar-refractivity contribution in [3.05, 3.63) is 34.3 Å². The third-order valence-electron chi connectivity index (χ3n) is 3.63. The first-order chi connectivity index (χ1) is 10.7. The molecule has 0 saturated carbocycles. The average molecular weight is 349 g/mol. The van der Waals surface area contributed by atoms with Crippen molar-refractivity contribution in [1.82, 2.24) is 4.98 Å². The largest absolute Gasteiger partial charge is 0.542 e. The van der Waals surface area contributed by atoms with Crippen LogP contribution in [-0.4, -0.2) is 25.7 Å². The molecule has 0 atom stereocenters. The fourth-order valence-corrected chi connectivity index (χ4v) is 3.95. The minimum absolute atomic E-state index is 0.0892. The van der Waals surface area contributed by atoms with Gasteiger partial charge in [0.25, 0.3) is 9.04 Å². The van der Waals surface area contributed by atoms with Gasteiger partial charge in [-0.15, -0.1) is 11.3 Å². The predicted octanol–water partition coefficient (Wildman–Crippen LogP) is 4.58. The van der Waals surface area contributed by atoms with E-state index in [4.69, 9.17) is 14.5 Å². The first kappa shape index (κ1) is 18.2. The third-order valence-corrected chi connectivity index (χ3v) is 5.31. The Kier molecular flexibility index (Phi) is 5.65. The molecule has 1 N–H and O–H groups in total. The highest BCUT2D eigenvalue weighted by Gasteiger charge is 2.19. The molecule has 1 radical (unpaired) electrons. The lowest BCUT2D eigenvalue weighted by molar-refractivity contribution is 0.298. The van der Waals surface area contributed by atoms with Gasteiger partial charge in [0, 0.05) is 17.9 Å². The maximum Gasteiger partial charge on any atom is 0.274 e. The number of thiazole rings is 1. The lowest BCUT2D eigenvalue weighted by Gasteiger charge is -2.22. The first-order valence-corrected chi connectivity index (χ1v) is 11.1. The maximum absolute atomic E-state index is 9.17. The van der Waals surface area contributed by atoms with Crippen LogP contribution < -0.4 is 4.43 Å². The Labute approximate surface area is 145 Å². The van der Waals surface area contributed by atoms with Gasteiger partial charge in [-0.1, -0.05) is 26.8 Å². The van der Waals surface area contributed by atoms with Crippen LogP contribution in [0.4, 0.5) is 0 Å². The van der Waals surface area contributed by atoms with Gasteiger partial charge >= 0.3 is 0 Å². The molecule has 23 heavy (non-hydrogen) atoms. The highest BCUT2D eigenvalue weighted by Crippen LogP contribution is 2.37. The fourth-order valence-electron chi connectivity index (χ4n) is 2.35. The lowest BCUT2D eigenvalue weighted by Crippen LogP contribution is -2.15. The molecule has 125 valence electrons. The number of hydrogen-bond acceptors (Lipinski definition) is 4. The number of nitrogens with zero attached hydrogens (tertiary/aromatic N) is 1. The third kappa shape index (κ3) is 4.43. The van der Waals surface area contributed by atoms with Gasteiger partial charge in [-0.05, 0) is 43.1 Å². The van der Waals surface area contributed by atoms with E-state index in [1.165, 1.54) is 10.4 Å². The van der Waals surface area contributed by atoms with E-state index in [2.05, 4.69) is 59.0 Å². The summed E-state index contributed by atoms with van der Waals surface area (Å²) >= 11 is 1.67. The Morgan fingerprint density at radius 1 is 1.26 bits per heavy atom. The molecule has 0 fully saturated rings. The molecule has 0 aliphatic rings. The average Bonchev–Trinajstić information content (AvgIpc) is 2.79. The van der Waals surface area contributed by atoms with Crippen molar-refractivity contribution in [2.75, 3.05) is 6.61 Å². The van der Waals surface area contributed by atoms with Crippen LogP contribution in [-0.2, 0) is 11.8 Å². The normalized spacial score (nSPS) is 12.0. The molecule has 0 saturated heterocycles. The van der Waals surface area contributed by atoms with E-state index in [-0.39, 0.29) is 12.0 Å². The molecule has 0 spiro atoms. The van der Waals surface area contributed by atoms with Crippen LogP contribution in [0.15, 0.2) is 18.2 Å². The van der Waals surface area contributed by atoms with Gasteiger partial charge in [0.1, 0.15) is 10.8 Å². The predicted molar refractivity (Wildman–Crippen MR) is 99.9 cm³/mol. The molecule has 5 heteroatoms. The minimum Gasteiger partial charge on any atom is -0.542 e. The van der Waals surface area contributed by atoms with Gasteiger partial charge in [-0.3, -0.25) is 0 Å². The number of aliphatic hydroxyl groups is 1.